The number of rotatable bonds is 7. The van der Waals surface area contributed by atoms with Crippen LogP contribution >= 0.6 is 0 Å². The van der Waals surface area contributed by atoms with Crippen LogP contribution in [0.25, 0.3) is 16.7 Å². The number of pyridine rings is 1. The van der Waals surface area contributed by atoms with Gasteiger partial charge in [-0.1, -0.05) is 18.2 Å². The molecule has 2 fully saturated rings. The van der Waals surface area contributed by atoms with Gasteiger partial charge in [-0.05, 0) is 18.6 Å². The monoisotopic (exact) mass is 526 g/mol. The second-order valence-corrected chi connectivity index (χ2v) is 9.70. The summed E-state index contributed by atoms with van der Waals surface area (Å²) < 4.78 is 40.0. The fourth-order valence-corrected chi connectivity index (χ4v) is 5.45. The number of aryl methyl sites for hydroxylation is 1. The average Bonchev–Trinajstić information content (AvgIpc) is 3.65. The largest absolute Gasteiger partial charge is 0.477 e. The lowest BCUT2D eigenvalue weighted by Crippen LogP contribution is -2.69. The molecule has 3 N–H and O–H groups in total. The minimum absolute atomic E-state index is 0.0234. The summed E-state index contributed by atoms with van der Waals surface area (Å²) in [6.07, 6.45) is 2.96. The Kier molecular flexibility index (Phi) is 5.83. The summed E-state index contributed by atoms with van der Waals surface area (Å²) in [5, 5.41) is 17.9. The summed E-state index contributed by atoms with van der Waals surface area (Å²) in [6.45, 7) is 1.39. The third-order valence-electron chi connectivity index (χ3n) is 7.42. The molecule has 13 heteroatoms. The Morgan fingerprint density at radius 2 is 2.13 bits per heavy atom. The topological polar surface area (TPSA) is 111 Å². The molecule has 0 saturated carbocycles. The second kappa shape index (κ2) is 9.10. The molecule has 200 valence electrons. The number of nitrogens with one attached hydrogen (secondary N) is 2. The molecular formula is C25H28F2N8O3. The first-order chi connectivity index (χ1) is 18.3. The number of hydrogen-bond acceptors (Lipinski definition) is 9. The maximum absolute atomic E-state index is 16.3. The van der Waals surface area contributed by atoms with Crippen LogP contribution in [0.15, 0.2) is 54.9 Å². The van der Waals surface area contributed by atoms with Gasteiger partial charge in [0.25, 0.3) is 6.30 Å². The number of carboxylic acids is 1. The number of fused-ring (bicyclic) bond motifs is 3. The Morgan fingerprint density at radius 1 is 1.34 bits per heavy atom. The van der Waals surface area contributed by atoms with E-state index in [1.807, 2.05) is 6.07 Å². The van der Waals surface area contributed by atoms with Gasteiger partial charge in [-0.15, -0.1) is 0 Å². The van der Waals surface area contributed by atoms with Crippen LogP contribution in [0.3, 0.4) is 0 Å². The highest BCUT2D eigenvalue weighted by atomic mass is 19.2. The molecule has 4 atom stereocenters. The molecule has 5 heterocycles. The number of carbonyl (C=O) groups is 1. The van der Waals surface area contributed by atoms with Crippen molar-refractivity contribution in [2.24, 2.45) is 7.05 Å². The Balaban J connectivity index is 1.54. The van der Waals surface area contributed by atoms with Crippen molar-refractivity contribution in [3.63, 3.8) is 0 Å². The zero-order valence-electron chi connectivity index (χ0n) is 20.9. The summed E-state index contributed by atoms with van der Waals surface area (Å²) in [7, 11) is 3.36. The Hall–Kier alpha value is -3.97. The van der Waals surface area contributed by atoms with Crippen LogP contribution in [0.2, 0.25) is 0 Å². The number of alkyl halides is 2. The summed E-state index contributed by atoms with van der Waals surface area (Å²) in [4.78, 5) is 23.1. The van der Waals surface area contributed by atoms with Crippen LogP contribution in [-0.2, 0) is 16.6 Å². The molecule has 11 nitrogen and oxygen atoms in total. The van der Waals surface area contributed by atoms with E-state index in [0.717, 1.165) is 11.4 Å². The molecule has 2 aromatic heterocycles. The van der Waals surface area contributed by atoms with Crippen molar-refractivity contribution in [2.75, 3.05) is 31.9 Å². The van der Waals surface area contributed by atoms with E-state index >= 15 is 8.78 Å². The molecule has 0 spiro atoms. The number of aliphatic carboxylic acids is 1. The smallest absolute Gasteiger partial charge is 0.368 e. The van der Waals surface area contributed by atoms with E-state index in [9.17, 15) is 9.90 Å². The number of hydrazine groups is 1. The van der Waals surface area contributed by atoms with E-state index < -0.39 is 18.1 Å². The molecule has 0 amide bonds. The average molecular weight is 527 g/mol. The number of benzene rings is 1. The van der Waals surface area contributed by atoms with Gasteiger partial charge in [0.2, 0.25) is 0 Å². The van der Waals surface area contributed by atoms with Gasteiger partial charge in [-0.25, -0.2) is 23.6 Å². The number of para-hydroxylation sites is 1. The standard InChI is InChI=1S/C25H28F2N8O3/c1-28-22-21(18-9-29-10-19-20(18)30-13-32(19)2)31-25(27,24(36)37)23(26)35(22)34(15-6-4-3-5-7-15)14-33-11-17-8-16(33)12-38-17/h3-7,9-10,13,16-17,23,28,31H,8,11-12,14H2,1-2H3,(H,36,37)/t16-,17-,23?,25?/m1/s1. The van der Waals surface area contributed by atoms with Crippen molar-refractivity contribution in [1.29, 1.82) is 0 Å². The maximum atomic E-state index is 16.3. The number of halogens is 2. The Labute approximate surface area is 217 Å². The number of imidazole rings is 1. The number of morpholine rings is 1. The molecular weight excluding hydrogens is 498 g/mol. The van der Waals surface area contributed by atoms with Crippen molar-refractivity contribution < 1.29 is 23.4 Å². The third-order valence-corrected chi connectivity index (χ3v) is 7.42. The first-order valence-electron chi connectivity index (χ1n) is 12.3. The molecule has 38 heavy (non-hydrogen) atoms. The summed E-state index contributed by atoms with van der Waals surface area (Å²) in [6, 6.07) is 9.08. The van der Waals surface area contributed by atoms with Crippen molar-refractivity contribution in [3.8, 4) is 0 Å². The van der Waals surface area contributed by atoms with Crippen LogP contribution in [0.5, 0.6) is 0 Å². The van der Waals surface area contributed by atoms with Crippen LogP contribution in [0, 0.1) is 0 Å². The lowest BCUT2D eigenvalue weighted by Gasteiger charge is -2.49. The lowest BCUT2D eigenvalue weighted by atomic mass is 10.1. The van der Waals surface area contributed by atoms with Crippen molar-refractivity contribution in [2.45, 2.75) is 30.7 Å². The number of nitrogens with zero attached hydrogens (tertiary/aromatic N) is 6. The predicted molar refractivity (Wildman–Crippen MR) is 134 cm³/mol. The lowest BCUT2D eigenvalue weighted by molar-refractivity contribution is -0.168. The highest BCUT2D eigenvalue weighted by molar-refractivity contribution is 5.91. The fraction of sp³-hybridized carbons (Fsp3) is 0.400. The number of hydrogen-bond donors (Lipinski definition) is 3. The normalized spacial score (nSPS) is 27.2. The molecule has 0 aliphatic carbocycles. The molecule has 3 aliphatic rings. The number of carboxylic acid groups (broad SMARTS) is 1. The van der Waals surface area contributed by atoms with Gasteiger partial charge in [0.05, 0.1) is 48.8 Å². The van der Waals surface area contributed by atoms with E-state index in [4.69, 9.17) is 4.74 Å². The fourth-order valence-electron chi connectivity index (χ4n) is 5.45. The van der Waals surface area contributed by atoms with E-state index in [2.05, 4.69) is 25.5 Å². The van der Waals surface area contributed by atoms with Crippen LogP contribution in [0.1, 0.15) is 12.0 Å². The quantitative estimate of drug-likeness (QED) is 0.393. The molecule has 1 aromatic carbocycles. The number of ether oxygens (including phenoxy) is 1. The molecule has 3 aliphatic heterocycles. The molecule has 6 rings (SSSR count). The van der Waals surface area contributed by atoms with E-state index in [1.54, 1.807) is 60.5 Å². The first kappa shape index (κ1) is 24.4. The van der Waals surface area contributed by atoms with Gasteiger partial charge < -0.3 is 25.0 Å². The van der Waals surface area contributed by atoms with Crippen LogP contribution in [-0.4, -0.2) is 86.6 Å². The minimum Gasteiger partial charge on any atom is -0.477 e. The zero-order valence-corrected chi connectivity index (χ0v) is 20.9. The second-order valence-electron chi connectivity index (χ2n) is 9.70. The van der Waals surface area contributed by atoms with Crippen LogP contribution in [0.4, 0.5) is 14.5 Å². The molecule has 2 saturated heterocycles. The number of likely N-dealkylation sites (tertiary alicyclic amines) is 1. The van der Waals surface area contributed by atoms with Gasteiger partial charge >= 0.3 is 11.8 Å². The van der Waals surface area contributed by atoms with Crippen molar-refractivity contribution in [1.82, 2.24) is 35.1 Å². The van der Waals surface area contributed by atoms with Gasteiger partial charge in [0.1, 0.15) is 11.3 Å². The Morgan fingerprint density at radius 3 is 2.79 bits per heavy atom. The van der Waals surface area contributed by atoms with Gasteiger partial charge in [-0.2, -0.15) is 0 Å². The third kappa shape index (κ3) is 3.72. The van der Waals surface area contributed by atoms with Crippen LogP contribution < -0.4 is 15.6 Å². The predicted octanol–water partition coefficient (Wildman–Crippen LogP) is 1.62. The molecule has 3 aromatic rings. The summed E-state index contributed by atoms with van der Waals surface area (Å²) in [5.74, 6) is -5.32. The van der Waals surface area contributed by atoms with Gasteiger partial charge in [0.15, 0.2) is 0 Å². The Bertz CT molecular complexity index is 1400. The van der Waals surface area contributed by atoms with E-state index in [1.165, 1.54) is 6.20 Å². The molecule has 0 radical (unpaired) electrons. The summed E-state index contributed by atoms with van der Waals surface area (Å²) in [5.41, 5.74) is 2.02. The van der Waals surface area contributed by atoms with Gasteiger partial charge in [-0.3, -0.25) is 14.9 Å². The first-order valence-corrected chi connectivity index (χ1v) is 12.3. The summed E-state index contributed by atoms with van der Waals surface area (Å²) >= 11 is 0. The van der Waals surface area contributed by atoms with E-state index in [-0.39, 0.29) is 30.3 Å². The SMILES string of the molecule is CNC1=C(c2cncc3c2ncn3C)NC(F)(C(=O)O)C(F)N1N(CN1C[C@H]2C[C@@H]1CO2)c1ccccc1. The van der Waals surface area contributed by atoms with Gasteiger partial charge in [0, 0.05) is 38.4 Å². The maximum Gasteiger partial charge on any atom is 0.368 e. The highest BCUT2D eigenvalue weighted by Gasteiger charge is 2.57. The van der Waals surface area contributed by atoms with Crippen molar-refractivity contribution in [3.05, 3.63) is 60.4 Å². The molecule has 2 bridgehead atoms. The number of aromatic nitrogens is 3. The van der Waals surface area contributed by atoms with Crippen molar-refractivity contribution >= 4 is 28.4 Å². The van der Waals surface area contributed by atoms with E-state index in [0.29, 0.717) is 35.4 Å². The zero-order chi connectivity index (χ0) is 26.6. The molecule has 2 unspecified atom stereocenters. The number of anilines is 1. The highest BCUT2D eigenvalue weighted by Crippen LogP contribution is 2.39. The minimum atomic E-state index is -3.48.